The van der Waals surface area contributed by atoms with Gasteiger partial charge in [0.2, 0.25) is 0 Å². The van der Waals surface area contributed by atoms with Gasteiger partial charge in [0.1, 0.15) is 5.82 Å². The van der Waals surface area contributed by atoms with E-state index >= 15 is 0 Å². The molecule has 3 N–H and O–H groups in total. The highest BCUT2D eigenvalue weighted by atomic mass is 16.1. The second-order valence-electron chi connectivity index (χ2n) is 4.21. The maximum absolute atomic E-state index is 10.8. The highest BCUT2D eigenvalue weighted by Crippen LogP contribution is 2.33. The number of amides is 1. The van der Waals surface area contributed by atoms with Crippen LogP contribution in [0.1, 0.15) is 36.7 Å². The molecule has 0 radical (unpaired) electrons. The first-order chi connectivity index (χ1) is 7.09. The minimum atomic E-state index is -0.552. The Labute approximate surface area is 88.1 Å². The summed E-state index contributed by atoms with van der Waals surface area (Å²) in [6.07, 6.45) is 3.54. The highest BCUT2D eigenvalue weighted by Gasteiger charge is 2.31. The second-order valence-corrected chi connectivity index (χ2v) is 4.21. The SMILES string of the molecule is CC1(Nc2ccc(C(N)=O)nn2)CCC1. The molecular weight excluding hydrogens is 192 g/mol. The van der Waals surface area contributed by atoms with E-state index in [2.05, 4.69) is 22.4 Å². The fourth-order valence-corrected chi connectivity index (χ4v) is 1.67. The average molecular weight is 206 g/mol. The van der Waals surface area contributed by atoms with Crippen molar-refractivity contribution in [2.24, 2.45) is 5.73 Å². The van der Waals surface area contributed by atoms with Gasteiger partial charge in [-0.15, -0.1) is 10.2 Å². The van der Waals surface area contributed by atoms with Crippen LogP contribution in [0.3, 0.4) is 0 Å². The van der Waals surface area contributed by atoms with E-state index in [0.29, 0.717) is 5.82 Å². The molecule has 0 aliphatic heterocycles. The molecule has 1 aromatic heterocycles. The molecule has 15 heavy (non-hydrogen) atoms. The summed E-state index contributed by atoms with van der Waals surface area (Å²) < 4.78 is 0. The Hall–Kier alpha value is -1.65. The van der Waals surface area contributed by atoms with Crippen molar-refractivity contribution in [1.82, 2.24) is 10.2 Å². The maximum Gasteiger partial charge on any atom is 0.269 e. The number of nitrogens with zero attached hydrogens (tertiary/aromatic N) is 2. The number of aromatic nitrogens is 2. The average Bonchev–Trinajstić information content (AvgIpc) is 2.16. The van der Waals surface area contributed by atoms with Crippen molar-refractivity contribution < 1.29 is 4.79 Å². The first-order valence-electron chi connectivity index (χ1n) is 5.01. The summed E-state index contributed by atoms with van der Waals surface area (Å²) in [6.45, 7) is 2.15. The standard InChI is InChI=1S/C10H14N4O/c1-10(5-2-6-10)12-8-4-3-7(9(11)15)13-14-8/h3-4H,2,5-6H2,1H3,(H2,11,15)(H,12,14). The van der Waals surface area contributed by atoms with Crippen LogP contribution in [-0.4, -0.2) is 21.6 Å². The molecule has 5 nitrogen and oxygen atoms in total. The van der Waals surface area contributed by atoms with Crippen LogP contribution in [0, 0.1) is 0 Å². The maximum atomic E-state index is 10.8. The summed E-state index contributed by atoms with van der Waals surface area (Å²) in [5.74, 6) is 0.145. The molecule has 1 amide bonds. The van der Waals surface area contributed by atoms with Crippen LogP contribution in [0.4, 0.5) is 5.82 Å². The molecule has 0 saturated heterocycles. The first-order valence-corrected chi connectivity index (χ1v) is 5.01. The normalized spacial score (nSPS) is 17.9. The van der Waals surface area contributed by atoms with Crippen molar-refractivity contribution in [1.29, 1.82) is 0 Å². The fraction of sp³-hybridized carbons (Fsp3) is 0.500. The monoisotopic (exact) mass is 206 g/mol. The molecule has 0 aromatic carbocycles. The van der Waals surface area contributed by atoms with Crippen LogP contribution in [0.25, 0.3) is 0 Å². The summed E-state index contributed by atoms with van der Waals surface area (Å²) in [7, 11) is 0. The molecule has 1 aliphatic rings. The van der Waals surface area contributed by atoms with E-state index in [-0.39, 0.29) is 11.2 Å². The van der Waals surface area contributed by atoms with Crippen molar-refractivity contribution in [3.05, 3.63) is 17.8 Å². The molecular formula is C10H14N4O. The highest BCUT2D eigenvalue weighted by molar-refractivity contribution is 5.90. The number of hydrogen-bond acceptors (Lipinski definition) is 4. The molecule has 1 aliphatic carbocycles. The van der Waals surface area contributed by atoms with Gasteiger partial charge >= 0.3 is 0 Å². The van der Waals surface area contributed by atoms with Gasteiger partial charge in [-0.25, -0.2) is 0 Å². The molecule has 2 rings (SSSR count). The molecule has 1 fully saturated rings. The fourth-order valence-electron chi connectivity index (χ4n) is 1.67. The van der Waals surface area contributed by atoms with Crippen molar-refractivity contribution in [3.63, 3.8) is 0 Å². The number of nitrogens with one attached hydrogen (secondary N) is 1. The van der Waals surface area contributed by atoms with Gasteiger partial charge in [0, 0.05) is 5.54 Å². The van der Waals surface area contributed by atoms with Crippen molar-refractivity contribution in [3.8, 4) is 0 Å². The molecule has 1 aromatic rings. The Morgan fingerprint density at radius 2 is 2.20 bits per heavy atom. The van der Waals surface area contributed by atoms with E-state index in [0.717, 1.165) is 12.8 Å². The molecule has 0 bridgehead atoms. The molecule has 1 heterocycles. The van der Waals surface area contributed by atoms with Gasteiger partial charge in [0.05, 0.1) is 0 Å². The Balaban J connectivity index is 2.07. The van der Waals surface area contributed by atoms with Crippen LogP contribution in [0.15, 0.2) is 12.1 Å². The first kappa shape index (κ1) is 9.89. The van der Waals surface area contributed by atoms with Gasteiger partial charge in [-0.2, -0.15) is 0 Å². The van der Waals surface area contributed by atoms with Gasteiger partial charge in [-0.1, -0.05) is 0 Å². The van der Waals surface area contributed by atoms with E-state index in [1.807, 2.05) is 0 Å². The lowest BCUT2D eigenvalue weighted by atomic mass is 9.78. The number of carbonyl (C=O) groups excluding carboxylic acids is 1. The van der Waals surface area contributed by atoms with Crippen molar-refractivity contribution in [2.45, 2.75) is 31.7 Å². The zero-order valence-corrected chi connectivity index (χ0v) is 8.66. The predicted molar refractivity (Wildman–Crippen MR) is 56.4 cm³/mol. The third kappa shape index (κ3) is 2.06. The minimum absolute atomic E-state index is 0.142. The number of anilines is 1. The number of nitrogens with two attached hydrogens (primary N) is 1. The Kier molecular flexibility index (Phi) is 2.30. The van der Waals surface area contributed by atoms with Crippen LogP contribution < -0.4 is 11.1 Å². The Bertz CT molecular complexity index is 370. The second kappa shape index (κ2) is 3.49. The summed E-state index contributed by atoms with van der Waals surface area (Å²) in [4.78, 5) is 10.8. The van der Waals surface area contributed by atoms with Crippen LogP contribution in [0.5, 0.6) is 0 Å². The van der Waals surface area contributed by atoms with Crippen molar-refractivity contribution >= 4 is 11.7 Å². The molecule has 80 valence electrons. The lowest BCUT2D eigenvalue weighted by molar-refractivity contribution is 0.0994. The number of rotatable bonds is 3. The zero-order valence-electron chi connectivity index (χ0n) is 8.66. The summed E-state index contributed by atoms with van der Waals surface area (Å²) in [6, 6.07) is 3.32. The number of carbonyl (C=O) groups is 1. The Morgan fingerprint density at radius 3 is 2.60 bits per heavy atom. The van der Waals surface area contributed by atoms with Crippen molar-refractivity contribution in [2.75, 3.05) is 5.32 Å². The van der Waals surface area contributed by atoms with Crippen LogP contribution in [0.2, 0.25) is 0 Å². The summed E-state index contributed by atoms with van der Waals surface area (Å²) in [5.41, 5.74) is 5.40. The largest absolute Gasteiger partial charge is 0.364 e. The zero-order chi connectivity index (χ0) is 10.9. The van der Waals surface area contributed by atoms with Gasteiger partial charge < -0.3 is 11.1 Å². The van der Waals surface area contributed by atoms with Gasteiger partial charge in [0.15, 0.2) is 5.69 Å². The molecule has 1 saturated carbocycles. The van der Waals surface area contributed by atoms with E-state index in [1.54, 1.807) is 12.1 Å². The third-order valence-electron chi connectivity index (χ3n) is 2.80. The molecule has 0 spiro atoms. The lowest BCUT2D eigenvalue weighted by Gasteiger charge is -2.39. The number of hydrogen-bond donors (Lipinski definition) is 2. The lowest BCUT2D eigenvalue weighted by Crippen LogP contribution is -2.41. The van der Waals surface area contributed by atoms with E-state index in [4.69, 9.17) is 5.73 Å². The van der Waals surface area contributed by atoms with E-state index in [9.17, 15) is 4.79 Å². The summed E-state index contributed by atoms with van der Waals surface area (Å²) in [5, 5.41) is 10.9. The quantitative estimate of drug-likeness (QED) is 0.770. The minimum Gasteiger partial charge on any atom is -0.364 e. The predicted octanol–water partition coefficient (Wildman–Crippen LogP) is 0.930. The number of primary amides is 1. The van der Waals surface area contributed by atoms with E-state index < -0.39 is 5.91 Å². The topological polar surface area (TPSA) is 80.9 Å². The van der Waals surface area contributed by atoms with Crippen LogP contribution in [-0.2, 0) is 0 Å². The van der Waals surface area contributed by atoms with E-state index in [1.165, 1.54) is 6.42 Å². The van der Waals surface area contributed by atoms with Gasteiger partial charge in [0.25, 0.3) is 5.91 Å². The molecule has 5 heteroatoms. The van der Waals surface area contributed by atoms with Gasteiger partial charge in [-0.3, -0.25) is 4.79 Å². The van der Waals surface area contributed by atoms with Gasteiger partial charge in [-0.05, 0) is 38.3 Å². The third-order valence-corrected chi connectivity index (χ3v) is 2.80. The molecule has 0 unspecified atom stereocenters. The van der Waals surface area contributed by atoms with Crippen LogP contribution >= 0.6 is 0 Å². The molecule has 0 atom stereocenters. The summed E-state index contributed by atoms with van der Waals surface area (Å²) >= 11 is 0. The Morgan fingerprint density at radius 1 is 1.47 bits per heavy atom. The smallest absolute Gasteiger partial charge is 0.269 e.